The van der Waals surface area contributed by atoms with Crippen molar-refractivity contribution in [2.45, 2.75) is 63.5 Å². The summed E-state index contributed by atoms with van der Waals surface area (Å²) in [5.74, 6) is 1.94. The fraction of sp³-hybridized carbons (Fsp3) is 0.737. The molecular weight excluding hydrogens is 284 g/mol. The summed E-state index contributed by atoms with van der Waals surface area (Å²) in [5, 5.41) is 7.48. The predicted octanol–water partition coefficient (Wildman–Crippen LogP) is 3.40. The summed E-state index contributed by atoms with van der Waals surface area (Å²) in [5.41, 5.74) is 1.20. The maximum atomic E-state index is 4.71. The Morgan fingerprint density at radius 1 is 1.00 bits per heavy atom. The van der Waals surface area contributed by atoms with Gasteiger partial charge in [-0.1, -0.05) is 6.42 Å². The van der Waals surface area contributed by atoms with E-state index in [0.717, 1.165) is 30.9 Å². The summed E-state index contributed by atoms with van der Waals surface area (Å²) in [6, 6.07) is 5.78. The Hall–Kier alpha value is -1.29. The van der Waals surface area contributed by atoms with Gasteiger partial charge in [0.25, 0.3) is 0 Å². The number of hydrogen-bond donors (Lipinski definition) is 2. The third-order valence-electron chi connectivity index (χ3n) is 5.96. The average molecular weight is 314 g/mol. The molecule has 4 nitrogen and oxygen atoms in total. The SMILES string of the molecule is c1cc(N2CCCCC2)ncc1NC1CCCC1C1CCCN1. The zero-order valence-corrected chi connectivity index (χ0v) is 14.1. The number of pyridine rings is 1. The molecule has 0 radical (unpaired) electrons. The van der Waals surface area contributed by atoms with E-state index in [1.54, 1.807) is 0 Å². The van der Waals surface area contributed by atoms with Crippen LogP contribution in [0.4, 0.5) is 11.5 Å². The lowest BCUT2D eigenvalue weighted by molar-refractivity contribution is 0.376. The molecule has 1 aromatic rings. The summed E-state index contributed by atoms with van der Waals surface area (Å²) in [6.45, 7) is 3.54. The lowest BCUT2D eigenvalue weighted by atomic mass is 9.93. The molecule has 3 heterocycles. The topological polar surface area (TPSA) is 40.2 Å². The minimum Gasteiger partial charge on any atom is -0.381 e. The Morgan fingerprint density at radius 2 is 1.91 bits per heavy atom. The first-order valence-electron chi connectivity index (χ1n) is 9.61. The molecule has 4 rings (SSSR count). The average Bonchev–Trinajstić information content (AvgIpc) is 3.27. The Balaban J connectivity index is 1.38. The number of anilines is 2. The van der Waals surface area contributed by atoms with Crippen LogP contribution < -0.4 is 15.5 Å². The van der Waals surface area contributed by atoms with Crippen LogP contribution in [-0.4, -0.2) is 36.7 Å². The van der Waals surface area contributed by atoms with E-state index in [4.69, 9.17) is 4.98 Å². The van der Waals surface area contributed by atoms with Gasteiger partial charge in [0, 0.05) is 25.2 Å². The Labute approximate surface area is 140 Å². The Bertz CT molecular complexity index is 489. The predicted molar refractivity (Wildman–Crippen MR) is 96.1 cm³/mol. The molecule has 3 unspecified atom stereocenters. The molecule has 3 atom stereocenters. The molecule has 126 valence electrons. The number of nitrogens with zero attached hydrogens (tertiary/aromatic N) is 2. The zero-order valence-electron chi connectivity index (χ0n) is 14.1. The molecule has 2 aliphatic heterocycles. The highest BCUT2D eigenvalue weighted by Crippen LogP contribution is 2.34. The van der Waals surface area contributed by atoms with Crippen molar-refractivity contribution < 1.29 is 0 Å². The van der Waals surface area contributed by atoms with Gasteiger partial charge in [0.2, 0.25) is 0 Å². The molecular formula is C19H30N4. The minimum atomic E-state index is 0.619. The molecule has 23 heavy (non-hydrogen) atoms. The summed E-state index contributed by atoms with van der Waals surface area (Å²) < 4.78 is 0. The van der Waals surface area contributed by atoms with E-state index in [2.05, 4.69) is 27.7 Å². The third-order valence-corrected chi connectivity index (χ3v) is 5.96. The van der Waals surface area contributed by atoms with Crippen molar-refractivity contribution in [1.82, 2.24) is 10.3 Å². The molecule has 3 fully saturated rings. The van der Waals surface area contributed by atoms with Gasteiger partial charge in [-0.15, -0.1) is 0 Å². The highest BCUT2D eigenvalue weighted by atomic mass is 15.2. The van der Waals surface area contributed by atoms with Crippen molar-refractivity contribution in [3.8, 4) is 0 Å². The molecule has 0 bridgehead atoms. The summed E-state index contributed by atoms with van der Waals surface area (Å²) in [4.78, 5) is 7.14. The van der Waals surface area contributed by atoms with E-state index in [1.165, 1.54) is 63.6 Å². The van der Waals surface area contributed by atoms with Crippen molar-refractivity contribution in [1.29, 1.82) is 0 Å². The van der Waals surface area contributed by atoms with Gasteiger partial charge < -0.3 is 15.5 Å². The van der Waals surface area contributed by atoms with Crippen LogP contribution >= 0.6 is 0 Å². The highest BCUT2D eigenvalue weighted by Gasteiger charge is 2.34. The molecule has 1 saturated carbocycles. The second-order valence-corrected chi connectivity index (χ2v) is 7.50. The summed E-state index contributed by atoms with van der Waals surface area (Å²) in [6.07, 6.45) is 12.8. The van der Waals surface area contributed by atoms with Gasteiger partial charge in [-0.2, -0.15) is 0 Å². The van der Waals surface area contributed by atoms with Crippen LogP contribution in [0.1, 0.15) is 51.4 Å². The monoisotopic (exact) mass is 314 g/mol. The van der Waals surface area contributed by atoms with E-state index >= 15 is 0 Å². The number of aromatic nitrogens is 1. The van der Waals surface area contributed by atoms with Crippen molar-refractivity contribution in [3.05, 3.63) is 18.3 Å². The lowest BCUT2D eigenvalue weighted by Crippen LogP contribution is -2.38. The normalized spacial score (nSPS) is 31.5. The smallest absolute Gasteiger partial charge is 0.128 e. The number of hydrogen-bond acceptors (Lipinski definition) is 4. The van der Waals surface area contributed by atoms with Crippen molar-refractivity contribution >= 4 is 11.5 Å². The molecule has 1 aromatic heterocycles. The van der Waals surface area contributed by atoms with Crippen molar-refractivity contribution in [2.75, 3.05) is 29.9 Å². The minimum absolute atomic E-state index is 0.619. The van der Waals surface area contributed by atoms with Crippen LogP contribution in [-0.2, 0) is 0 Å². The second kappa shape index (κ2) is 7.08. The first-order chi connectivity index (χ1) is 11.4. The van der Waals surface area contributed by atoms with Crippen molar-refractivity contribution in [2.24, 2.45) is 5.92 Å². The molecule has 2 saturated heterocycles. The van der Waals surface area contributed by atoms with Gasteiger partial charge in [-0.3, -0.25) is 0 Å². The van der Waals surface area contributed by atoms with Crippen LogP contribution in [0.2, 0.25) is 0 Å². The van der Waals surface area contributed by atoms with Gasteiger partial charge >= 0.3 is 0 Å². The Kier molecular flexibility index (Phi) is 4.69. The van der Waals surface area contributed by atoms with Crippen molar-refractivity contribution in [3.63, 3.8) is 0 Å². The fourth-order valence-electron chi connectivity index (χ4n) is 4.72. The third kappa shape index (κ3) is 3.47. The summed E-state index contributed by atoms with van der Waals surface area (Å²) in [7, 11) is 0. The van der Waals surface area contributed by atoms with Gasteiger partial charge in [-0.25, -0.2) is 4.98 Å². The molecule has 0 spiro atoms. The molecule has 0 aromatic carbocycles. The van der Waals surface area contributed by atoms with Gasteiger partial charge in [0.15, 0.2) is 0 Å². The van der Waals surface area contributed by atoms with E-state index < -0.39 is 0 Å². The van der Waals surface area contributed by atoms with Gasteiger partial charge in [0.1, 0.15) is 5.82 Å². The zero-order chi connectivity index (χ0) is 15.5. The van der Waals surface area contributed by atoms with Crippen LogP contribution in [0.25, 0.3) is 0 Å². The van der Waals surface area contributed by atoms with E-state index in [-0.39, 0.29) is 0 Å². The van der Waals surface area contributed by atoms with E-state index in [1.807, 2.05) is 6.20 Å². The van der Waals surface area contributed by atoms with E-state index in [0.29, 0.717) is 6.04 Å². The largest absolute Gasteiger partial charge is 0.381 e. The number of piperidine rings is 1. The van der Waals surface area contributed by atoms with Gasteiger partial charge in [-0.05, 0) is 69.5 Å². The number of rotatable bonds is 4. The lowest BCUT2D eigenvalue weighted by Gasteiger charge is -2.29. The van der Waals surface area contributed by atoms with Crippen LogP contribution in [0.15, 0.2) is 18.3 Å². The summed E-state index contributed by atoms with van der Waals surface area (Å²) >= 11 is 0. The van der Waals surface area contributed by atoms with Gasteiger partial charge in [0.05, 0.1) is 11.9 Å². The maximum Gasteiger partial charge on any atom is 0.128 e. The number of nitrogens with one attached hydrogen (secondary N) is 2. The molecule has 4 heteroatoms. The molecule has 2 N–H and O–H groups in total. The van der Waals surface area contributed by atoms with Crippen LogP contribution in [0, 0.1) is 5.92 Å². The first kappa shape index (κ1) is 15.3. The molecule has 1 aliphatic carbocycles. The molecule has 0 amide bonds. The second-order valence-electron chi connectivity index (χ2n) is 7.50. The standard InChI is InChI=1S/C19H30N4/c1-2-12-23(13-3-1)19-10-9-15(14-21-19)22-18-7-4-6-16(18)17-8-5-11-20-17/h9-10,14,16-18,20,22H,1-8,11-13H2. The van der Waals surface area contributed by atoms with E-state index in [9.17, 15) is 0 Å². The fourth-order valence-corrected chi connectivity index (χ4v) is 4.72. The quantitative estimate of drug-likeness (QED) is 0.893. The van der Waals surface area contributed by atoms with Crippen LogP contribution in [0.5, 0.6) is 0 Å². The maximum absolute atomic E-state index is 4.71. The van der Waals surface area contributed by atoms with Crippen LogP contribution in [0.3, 0.4) is 0 Å². The Morgan fingerprint density at radius 3 is 2.65 bits per heavy atom. The first-order valence-corrected chi connectivity index (χ1v) is 9.61. The molecule has 3 aliphatic rings. The highest BCUT2D eigenvalue weighted by molar-refractivity contribution is 5.49.